The molecule has 1 aliphatic carbocycles. The molecule has 3 aromatic carbocycles. The van der Waals surface area contributed by atoms with Gasteiger partial charge in [0.05, 0.1) is 19.1 Å². The maximum Gasteiger partial charge on any atom is 0.314 e. The maximum absolute atomic E-state index is 14.8. The number of hydrogen-bond acceptors (Lipinski definition) is 4. The quantitative estimate of drug-likeness (QED) is 0.170. The third-order valence-corrected chi connectivity index (χ3v) is 6.23. The number of ether oxygens (including phenoxy) is 3. The molecule has 1 unspecified atom stereocenters. The van der Waals surface area contributed by atoms with Crippen LogP contribution < -0.4 is 14.2 Å². The molecule has 0 bridgehead atoms. The molecule has 0 amide bonds. The third kappa shape index (κ3) is 5.51. The van der Waals surface area contributed by atoms with E-state index in [1.54, 1.807) is 19.9 Å². The Morgan fingerprint density at radius 2 is 1.37 bits per heavy atom. The summed E-state index contributed by atoms with van der Waals surface area (Å²) in [4.78, 5) is 12.7. The summed E-state index contributed by atoms with van der Waals surface area (Å²) in [5.74, 6) is -7.20. The molecule has 0 N–H and O–H groups in total. The van der Waals surface area contributed by atoms with Crippen molar-refractivity contribution < 1.29 is 41.0 Å². The van der Waals surface area contributed by atoms with Crippen molar-refractivity contribution in [2.75, 3.05) is 13.2 Å². The number of rotatable bonds is 8. The van der Waals surface area contributed by atoms with Crippen molar-refractivity contribution >= 4 is 11.5 Å². The van der Waals surface area contributed by atoms with Gasteiger partial charge in [0.2, 0.25) is 11.6 Å². The van der Waals surface area contributed by atoms with Crippen LogP contribution in [0.15, 0.2) is 48.5 Å². The molecule has 0 spiro atoms. The van der Waals surface area contributed by atoms with Crippen LogP contribution >= 0.6 is 0 Å². The first-order valence-electron chi connectivity index (χ1n) is 12.2. The minimum Gasteiger partial charge on any atom is -0.491 e. The number of halogens is 5. The highest BCUT2D eigenvalue weighted by atomic mass is 19.2. The van der Waals surface area contributed by atoms with Crippen LogP contribution in [0, 0.1) is 35.0 Å². The fraction of sp³-hybridized carbons (Fsp3) is 0.276. The van der Waals surface area contributed by atoms with Crippen molar-refractivity contribution in [1.82, 2.24) is 0 Å². The van der Waals surface area contributed by atoms with Gasteiger partial charge in [0.1, 0.15) is 11.6 Å². The van der Waals surface area contributed by atoms with Crippen LogP contribution in [-0.2, 0) is 4.79 Å². The molecule has 200 valence electrons. The Kier molecular flexibility index (Phi) is 8.34. The predicted molar refractivity (Wildman–Crippen MR) is 131 cm³/mol. The molecule has 38 heavy (non-hydrogen) atoms. The monoisotopic (exact) mass is 532 g/mol. The van der Waals surface area contributed by atoms with E-state index in [1.807, 2.05) is 0 Å². The minimum absolute atomic E-state index is 0.0996. The molecule has 4 nitrogen and oxygen atoms in total. The Labute approximate surface area is 216 Å². The van der Waals surface area contributed by atoms with E-state index in [9.17, 15) is 26.7 Å². The van der Waals surface area contributed by atoms with Gasteiger partial charge in [0.15, 0.2) is 23.1 Å². The first-order chi connectivity index (χ1) is 18.2. The summed E-state index contributed by atoms with van der Waals surface area (Å²) in [6.45, 7) is 3.63. The van der Waals surface area contributed by atoms with Crippen LogP contribution in [0.25, 0.3) is 16.7 Å². The Balaban J connectivity index is 1.44. The van der Waals surface area contributed by atoms with Crippen molar-refractivity contribution in [3.63, 3.8) is 0 Å². The molecular weight excluding hydrogens is 507 g/mol. The molecule has 0 fully saturated rings. The zero-order chi connectivity index (χ0) is 27.4. The van der Waals surface area contributed by atoms with Crippen LogP contribution in [0.2, 0.25) is 0 Å². The molecular formula is C29H25F5O4. The number of carbonyl (C=O) groups is 1. The lowest BCUT2D eigenvalue weighted by Gasteiger charge is -2.21. The highest BCUT2D eigenvalue weighted by Gasteiger charge is 2.27. The topological polar surface area (TPSA) is 44.8 Å². The van der Waals surface area contributed by atoms with Gasteiger partial charge >= 0.3 is 5.97 Å². The summed E-state index contributed by atoms with van der Waals surface area (Å²) < 4.78 is 87.6. The van der Waals surface area contributed by atoms with E-state index in [0.29, 0.717) is 18.4 Å². The first-order valence-corrected chi connectivity index (χ1v) is 12.2. The smallest absolute Gasteiger partial charge is 0.314 e. The molecule has 0 saturated carbocycles. The summed E-state index contributed by atoms with van der Waals surface area (Å²) >= 11 is 0. The molecule has 1 atom stereocenters. The van der Waals surface area contributed by atoms with E-state index in [1.165, 1.54) is 36.4 Å². The molecule has 3 aromatic rings. The Bertz CT molecular complexity index is 1390. The molecule has 0 aromatic heterocycles. The zero-order valence-corrected chi connectivity index (χ0v) is 20.8. The second kappa shape index (κ2) is 11.7. The number of hydrogen-bond donors (Lipinski definition) is 0. The molecule has 1 aliphatic rings. The lowest BCUT2D eigenvalue weighted by molar-refractivity contribution is -0.139. The van der Waals surface area contributed by atoms with Gasteiger partial charge in [-0.1, -0.05) is 6.08 Å². The van der Waals surface area contributed by atoms with E-state index in [-0.39, 0.29) is 53.6 Å². The van der Waals surface area contributed by atoms with Gasteiger partial charge in [0.25, 0.3) is 0 Å². The van der Waals surface area contributed by atoms with Gasteiger partial charge in [-0.3, -0.25) is 4.79 Å². The lowest BCUT2D eigenvalue weighted by Crippen LogP contribution is -2.22. The van der Waals surface area contributed by atoms with Gasteiger partial charge in [-0.2, -0.15) is 8.78 Å². The zero-order valence-electron chi connectivity index (χ0n) is 20.8. The second-order valence-corrected chi connectivity index (χ2v) is 8.61. The van der Waals surface area contributed by atoms with Crippen molar-refractivity contribution in [2.45, 2.75) is 33.1 Å². The number of esters is 1. The predicted octanol–water partition coefficient (Wildman–Crippen LogP) is 7.64. The highest BCUT2D eigenvalue weighted by Crippen LogP contribution is 2.36. The third-order valence-electron chi connectivity index (χ3n) is 6.23. The minimum atomic E-state index is -1.26. The number of allylic oxidation sites excluding steroid dienone is 2. The van der Waals surface area contributed by atoms with Gasteiger partial charge in [0, 0.05) is 22.8 Å². The van der Waals surface area contributed by atoms with Gasteiger partial charge in [-0.25, -0.2) is 13.2 Å². The Morgan fingerprint density at radius 1 is 0.789 bits per heavy atom. The van der Waals surface area contributed by atoms with E-state index >= 15 is 0 Å². The van der Waals surface area contributed by atoms with E-state index < -0.39 is 41.0 Å². The van der Waals surface area contributed by atoms with Crippen LogP contribution in [-0.4, -0.2) is 19.2 Å². The summed E-state index contributed by atoms with van der Waals surface area (Å²) in [6, 6.07) is 8.62. The van der Waals surface area contributed by atoms with Crippen molar-refractivity contribution in [1.29, 1.82) is 0 Å². The standard InChI is InChI=1S/C29H25F5O4/c1-3-36-23-13-11-19(25(31)27(23)33)16-5-7-17(8-6-16)29(35)38-18-9-10-20(22(30)15-18)21-12-14-24(37-4-2)28(34)26(21)32/h5,9-15,17H,3-4,6-8H2,1-2H3. The molecule has 0 saturated heterocycles. The fourth-order valence-corrected chi connectivity index (χ4v) is 4.32. The fourth-order valence-electron chi connectivity index (χ4n) is 4.32. The van der Waals surface area contributed by atoms with Crippen LogP contribution in [0.1, 0.15) is 38.7 Å². The Morgan fingerprint density at radius 3 is 1.92 bits per heavy atom. The summed E-state index contributed by atoms with van der Waals surface area (Å²) in [5, 5.41) is 0. The van der Waals surface area contributed by atoms with E-state index in [2.05, 4.69) is 0 Å². The SMILES string of the molecule is CCOc1ccc(C2=CCC(C(=O)Oc3ccc(-c4ccc(OCC)c(F)c4F)c(F)c3)CC2)c(F)c1F. The van der Waals surface area contributed by atoms with Gasteiger partial charge < -0.3 is 14.2 Å². The van der Waals surface area contributed by atoms with Crippen LogP contribution in [0.4, 0.5) is 22.0 Å². The summed E-state index contributed by atoms with van der Waals surface area (Å²) in [7, 11) is 0. The molecule has 0 heterocycles. The Hall–Kier alpha value is -3.88. The molecule has 4 rings (SSSR count). The van der Waals surface area contributed by atoms with Crippen molar-refractivity contribution in [3.05, 3.63) is 83.2 Å². The summed E-state index contributed by atoms with van der Waals surface area (Å²) in [6.07, 6.45) is 2.50. The average Bonchev–Trinajstić information content (AvgIpc) is 2.91. The van der Waals surface area contributed by atoms with Gasteiger partial charge in [-0.15, -0.1) is 0 Å². The highest BCUT2D eigenvalue weighted by molar-refractivity contribution is 5.78. The molecule has 0 aliphatic heterocycles. The average molecular weight is 533 g/mol. The normalized spacial score (nSPS) is 15.1. The van der Waals surface area contributed by atoms with Crippen molar-refractivity contribution in [3.8, 4) is 28.4 Å². The largest absolute Gasteiger partial charge is 0.491 e. The van der Waals surface area contributed by atoms with E-state index in [0.717, 1.165) is 6.07 Å². The summed E-state index contributed by atoms with van der Waals surface area (Å²) in [5.41, 5.74) is 0.158. The van der Waals surface area contributed by atoms with Crippen LogP contribution in [0.5, 0.6) is 17.2 Å². The van der Waals surface area contributed by atoms with E-state index in [4.69, 9.17) is 14.2 Å². The van der Waals surface area contributed by atoms with Crippen LogP contribution in [0.3, 0.4) is 0 Å². The number of benzene rings is 3. The molecule has 0 radical (unpaired) electrons. The number of carbonyl (C=O) groups excluding carboxylic acids is 1. The maximum atomic E-state index is 14.8. The first kappa shape index (κ1) is 27.2. The second-order valence-electron chi connectivity index (χ2n) is 8.61. The lowest BCUT2D eigenvalue weighted by atomic mass is 9.86. The van der Waals surface area contributed by atoms with Gasteiger partial charge in [-0.05, 0) is 75.1 Å². The van der Waals surface area contributed by atoms with Crippen molar-refractivity contribution in [2.24, 2.45) is 5.92 Å². The molecule has 9 heteroatoms.